The van der Waals surface area contributed by atoms with Gasteiger partial charge in [0.2, 0.25) is 0 Å². The van der Waals surface area contributed by atoms with Crippen molar-refractivity contribution in [2.24, 2.45) is 0 Å². The average molecular weight is 303 g/mol. The number of hydrogen-bond donors (Lipinski definition) is 1. The number of nitrogens with zero attached hydrogens (tertiary/aromatic N) is 1. The summed E-state index contributed by atoms with van der Waals surface area (Å²) < 4.78 is 2.35. The predicted molar refractivity (Wildman–Crippen MR) is 93.8 cm³/mol. The largest absolute Gasteiger partial charge is 0.331 e. The monoisotopic (exact) mass is 303 g/mol. The molecular weight excluding hydrogens is 280 g/mol. The van der Waals surface area contributed by atoms with Crippen LogP contribution in [0.5, 0.6) is 0 Å². The normalized spacial score (nSPS) is 16.7. The summed E-state index contributed by atoms with van der Waals surface area (Å²) in [5.74, 6) is 0.579. The molecule has 0 unspecified atom stereocenters. The van der Waals surface area contributed by atoms with Crippen LogP contribution in [0.1, 0.15) is 48.2 Å². The summed E-state index contributed by atoms with van der Waals surface area (Å²) in [5, 5.41) is 2.45. The number of rotatable bonds is 2. The Balaban J connectivity index is 1.77. The lowest BCUT2D eigenvalue weighted by Gasteiger charge is -2.16. The number of fused-ring (bicyclic) bond motifs is 3. The highest BCUT2D eigenvalue weighted by atomic mass is 15.1. The molecule has 1 aliphatic rings. The van der Waals surface area contributed by atoms with Gasteiger partial charge in [0.1, 0.15) is 6.54 Å². The molecule has 2 heterocycles. The van der Waals surface area contributed by atoms with Gasteiger partial charge in [0.25, 0.3) is 0 Å². The van der Waals surface area contributed by atoms with Gasteiger partial charge >= 0.3 is 0 Å². The zero-order chi connectivity index (χ0) is 15.8. The number of para-hydroxylation sites is 1. The second kappa shape index (κ2) is 5.71. The SMILES string of the molecule is CC(C)c1ccc([C@@H]2[NH2+]Cc3ccccc3-n3cccc32)cc1. The lowest BCUT2D eigenvalue weighted by molar-refractivity contribution is -0.702. The minimum absolute atomic E-state index is 0.346. The molecule has 116 valence electrons. The molecule has 23 heavy (non-hydrogen) atoms. The number of aromatic nitrogens is 1. The lowest BCUT2D eigenvalue weighted by Crippen LogP contribution is -2.83. The average Bonchev–Trinajstić information content (AvgIpc) is 2.99. The highest BCUT2D eigenvalue weighted by Gasteiger charge is 2.25. The molecule has 0 radical (unpaired) electrons. The molecule has 0 fully saturated rings. The predicted octanol–water partition coefficient (Wildman–Crippen LogP) is 3.77. The maximum Gasteiger partial charge on any atom is 0.153 e. The maximum absolute atomic E-state index is 2.45. The quantitative estimate of drug-likeness (QED) is 0.744. The van der Waals surface area contributed by atoms with Gasteiger partial charge in [0.15, 0.2) is 6.04 Å². The topological polar surface area (TPSA) is 21.5 Å². The van der Waals surface area contributed by atoms with Gasteiger partial charge in [-0.15, -0.1) is 0 Å². The second-order valence-electron chi connectivity index (χ2n) is 6.67. The van der Waals surface area contributed by atoms with Crippen molar-refractivity contribution < 1.29 is 5.32 Å². The van der Waals surface area contributed by atoms with Gasteiger partial charge in [-0.05, 0) is 29.7 Å². The van der Waals surface area contributed by atoms with E-state index in [2.05, 4.69) is 90.6 Å². The minimum atomic E-state index is 0.346. The highest BCUT2D eigenvalue weighted by molar-refractivity contribution is 5.45. The van der Waals surface area contributed by atoms with Gasteiger partial charge in [-0.3, -0.25) is 0 Å². The van der Waals surface area contributed by atoms with E-state index in [0.29, 0.717) is 12.0 Å². The summed E-state index contributed by atoms with van der Waals surface area (Å²) in [7, 11) is 0. The van der Waals surface area contributed by atoms with Crippen molar-refractivity contribution in [3.05, 3.63) is 89.2 Å². The Kier molecular flexibility index (Phi) is 3.55. The van der Waals surface area contributed by atoms with Crippen molar-refractivity contribution in [2.75, 3.05) is 0 Å². The Bertz CT molecular complexity index is 812. The van der Waals surface area contributed by atoms with Crippen LogP contribution >= 0.6 is 0 Å². The molecule has 0 saturated heterocycles. The van der Waals surface area contributed by atoms with Crippen LogP contribution in [0.2, 0.25) is 0 Å². The van der Waals surface area contributed by atoms with Crippen molar-refractivity contribution in [3.63, 3.8) is 0 Å². The lowest BCUT2D eigenvalue weighted by atomic mass is 9.98. The summed E-state index contributed by atoms with van der Waals surface area (Å²) in [6.07, 6.45) is 2.18. The van der Waals surface area contributed by atoms with Crippen LogP contribution < -0.4 is 5.32 Å². The fourth-order valence-corrected chi connectivity index (χ4v) is 3.55. The van der Waals surface area contributed by atoms with E-state index < -0.39 is 0 Å². The van der Waals surface area contributed by atoms with Crippen molar-refractivity contribution >= 4 is 0 Å². The van der Waals surface area contributed by atoms with Crippen molar-refractivity contribution in [2.45, 2.75) is 32.4 Å². The molecule has 2 N–H and O–H groups in total. The molecule has 2 aromatic carbocycles. The summed E-state index contributed by atoms with van der Waals surface area (Å²) in [4.78, 5) is 0. The molecule has 0 spiro atoms. The molecule has 1 aromatic heterocycles. The van der Waals surface area contributed by atoms with Gasteiger partial charge in [-0.1, -0.05) is 56.3 Å². The van der Waals surface area contributed by atoms with E-state index in [1.165, 1.54) is 28.1 Å². The third kappa shape index (κ3) is 2.49. The van der Waals surface area contributed by atoms with Gasteiger partial charge in [0, 0.05) is 17.3 Å². The van der Waals surface area contributed by atoms with Crippen LogP contribution in [0.25, 0.3) is 5.69 Å². The number of hydrogen-bond acceptors (Lipinski definition) is 0. The Morgan fingerprint density at radius 2 is 1.74 bits per heavy atom. The van der Waals surface area contributed by atoms with Crippen LogP contribution in [-0.4, -0.2) is 4.57 Å². The van der Waals surface area contributed by atoms with Crippen LogP contribution in [-0.2, 0) is 6.54 Å². The Labute approximate surface area is 137 Å². The molecule has 0 amide bonds. The fraction of sp³-hybridized carbons (Fsp3) is 0.238. The van der Waals surface area contributed by atoms with Gasteiger partial charge in [-0.25, -0.2) is 0 Å². The first-order valence-electron chi connectivity index (χ1n) is 8.43. The third-order valence-electron chi connectivity index (χ3n) is 4.89. The molecule has 1 atom stereocenters. The molecule has 0 aliphatic carbocycles. The molecule has 0 bridgehead atoms. The first-order chi connectivity index (χ1) is 11.2. The smallest absolute Gasteiger partial charge is 0.153 e. The molecule has 0 saturated carbocycles. The van der Waals surface area contributed by atoms with Crippen molar-refractivity contribution in [1.29, 1.82) is 0 Å². The molecular formula is C21H23N2+. The molecule has 3 aromatic rings. The van der Waals surface area contributed by atoms with E-state index >= 15 is 0 Å². The molecule has 4 rings (SSSR count). The van der Waals surface area contributed by atoms with Crippen LogP contribution in [0, 0.1) is 0 Å². The van der Waals surface area contributed by atoms with Gasteiger partial charge in [0.05, 0.1) is 11.4 Å². The minimum Gasteiger partial charge on any atom is -0.331 e. The summed E-state index contributed by atoms with van der Waals surface area (Å²) in [6.45, 7) is 5.50. The van der Waals surface area contributed by atoms with Gasteiger partial charge < -0.3 is 9.88 Å². The first-order valence-corrected chi connectivity index (χ1v) is 8.43. The Morgan fingerprint density at radius 1 is 0.957 bits per heavy atom. The standard InChI is InChI=1S/C21H22N2/c1-15(2)16-9-11-17(12-10-16)21-20-8-5-13-23(20)19-7-4-3-6-18(19)14-22-21/h3-13,15,21-22H,14H2,1-2H3/p+1/t21-/m0/s1. The van der Waals surface area contributed by atoms with Crippen molar-refractivity contribution in [3.8, 4) is 5.69 Å². The van der Waals surface area contributed by atoms with Crippen molar-refractivity contribution in [1.82, 2.24) is 4.57 Å². The number of quaternary nitrogens is 1. The fourth-order valence-electron chi connectivity index (χ4n) is 3.55. The molecule has 1 aliphatic heterocycles. The van der Waals surface area contributed by atoms with E-state index in [0.717, 1.165) is 6.54 Å². The van der Waals surface area contributed by atoms with Crippen LogP contribution in [0.4, 0.5) is 0 Å². The summed E-state index contributed by atoms with van der Waals surface area (Å²) in [6, 6.07) is 22.6. The first kappa shape index (κ1) is 14.3. The zero-order valence-electron chi connectivity index (χ0n) is 13.7. The Hall–Kier alpha value is -2.32. The number of nitrogens with two attached hydrogens (primary N) is 1. The van der Waals surface area contributed by atoms with E-state index in [4.69, 9.17) is 0 Å². The molecule has 2 nitrogen and oxygen atoms in total. The van der Waals surface area contributed by atoms with Gasteiger partial charge in [-0.2, -0.15) is 0 Å². The second-order valence-corrected chi connectivity index (χ2v) is 6.67. The van der Waals surface area contributed by atoms with E-state index in [1.807, 2.05) is 0 Å². The van der Waals surface area contributed by atoms with Crippen LogP contribution in [0.15, 0.2) is 66.9 Å². The number of benzene rings is 2. The Morgan fingerprint density at radius 3 is 2.52 bits per heavy atom. The van der Waals surface area contributed by atoms with Crippen LogP contribution in [0.3, 0.4) is 0 Å². The van der Waals surface area contributed by atoms with E-state index in [1.54, 1.807) is 0 Å². The highest BCUT2D eigenvalue weighted by Crippen LogP contribution is 2.27. The zero-order valence-corrected chi connectivity index (χ0v) is 13.7. The molecule has 2 heteroatoms. The summed E-state index contributed by atoms with van der Waals surface area (Å²) in [5.41, 5.74) is 6.84. The third-order valence-corrected chi connectivity index (χ3v) is 4.89. The maximum atomic E-state index is 2.45. The van der Waals surface area contributed by atoms with E-state index in [-0.39, 0.29) is 0 Å². The van der Waals surface area contributed by atoms with E-state index in [9.17, 15) is 0 Å². The summed E-state index contributed by atoms with van der Waals surface area (Å²) >= 11 is 0.